The molecule has 1 rings (SSSR count). The Labute approximate surface area is 95.0 Å². The molecule has 80 valence electrons. The predicted molar refractivity (Wildman–Crippen MR) is 54.8 cm³/mol. The number of rotatable bonds is 3. The van der Waals surface area contributed by atoms with Crippen molar-refractivity contribution in [1.82, 2.24) is 0 Å². The van der Waals surface area contributed by atoms with Crippen LogP contribution in [0.25, 0.3) is 0 Å². The highest BCUT2D eigenvalue weighted by Gasteiger charge is 2.13. The van der Waals surface area contributed by atoms with Crippen molar-refractivity contribution < 1.29 is 19.4 Å². The number of hydrogen-bond acceptors (Lipinski definition) is 4. The fourth-order valence-electron chi connectivity index (χ4n) is 0.914. The van der Waals surface area contributed by atoms with Crippen molar-refractivity contribution in [3.05, 3.63) is 29.8 Å². The normalized spacial score (nSPS) is 11.9. The maximum absolute atomic E-state index is 11.2. The van der Waals surface area contributed by atoms with Crippen LogP contribution >= 0.6 is 15.9 Å². The summed E-state index contributed by atoms with van der Waals surface area (Å²) in [4.78, 5) is 21.4. The van der Waals surface area contributed by atoms with Gasteiger partial charge in [0.15, 0.2) is 0 Å². The molecule has 0 aromatic heterocycles. The molecule has 4 nitrogen and oxygen atoms in total. The highest BCUT2D eigenvalue weighted by Crippen LogP contribution is 2.18. The van der Waals surface area contributed by atoms with Crippen molar-refractivity contribution in [3.63, 3.8) is 0 Å². The molecule has 1 aromatic carbocycles. The minimum absolute atomic E-state index is 0.00574. The van der Waals surface area contributed by atoms with E-state index < -0.39 is 16.8 Å². The number of carbonyl (C=O) groups is 2. The summed E-state index contributed by atoms with van der Waals surface area (Å²) in [5.74, 6) is -1.93. The van der Waals surface area contributed by atoms with Crippen molar-refractivity contribution in [3.8, 4) is 5.75 Å². The molecule has 0 saturated heterocycles. The van der Waals surface area contributed by atoms with Crippen molar-refractivity contribution in [1.29, 1.82) is 0 Å². The Morgan fingerprint density at radius 3 is 2.53 bits per heavy atom. The lowest BCUT2D eigenvalue weighted by molar-refractivity contribution is -0.255. The number of aromatic carboxylic acids is 1. The van der Waals surface area contributed by atoms with Crippen LogP contribution in [0.1, 0.15) is 17.3 Å². The van der Waals surface area contributed by atoms with E-state index >= 15 is 0 Å². The van der Waals surface area contributed by atoms with Gasteiger partial charge in [0.25, 0.3) is 0 Å². The van der Waals surface area contributed by atoms with Crippen molar-refractivity contribution >= 4 is 27.9 Å². The predicted octanol–water partition coefficient (Wildman–Crippen LogP) is 0.739. The van der Waals surface area contributed by atoms with Gasteiger partial charge in [-0.3, -0.25) is 4.79 Å². The third-order valence-electron chi connectivity index (χ3n) is 1.64. The van der Waals surface area contributed by atoms with Crippen LogP contribution in [0, 0.1) is 0 Å². The molecule has 1 atom stereocenters. The van der Waals surface area contributed by atoms with E-state index in [4.69, 9.17) is 4.74 Å². The Bertz CT molecular complexity index is 387. The van der Waals surface area contributed by atoms with Crippen molar-refractivity contribution in [2.45, 2.75) is 11.8 Å². The number of benzene rings is 1. The van der Waals surface area contributed by atoms with E-state index in [9.17, 15) is 14.7 Å². The number of esters is 1. The molecule has 0 spiro atoms. The molecule has 0 saturated carbocycles. The van der Waals surface area contributed by atoms with Crippen LogP contribution < -0.4 is 9.84 Å². The number of ether oxygens (including phenoxy) is 1. The number of carboxylic acid groups (broad SMARTS) is 1. The maximum atomic E-state index is 11.2. The molecular formula is C10H8BrO4-. The molecule has 0 fully saturated rings. The lowest BCUT2D eigenvalue weighted by atomic mass is 10.2. The summed E-state index contributed by atoms with van der Waals surface area (Å²) >= 11 is 3.02. The van der Waals surface area contributed by atoms with E-state index in [1.54, 1.807) is 13.0 Å². The second-order valence-electron chi connectivity index (χ2n) is 2.82. The van der Waals surface area contributed by atoms with Crippen LogP contribution in [0.4, 0.5) is 0 Å². The van der Waals surface area contributed by atoms with Gasteiger partial charge in [0.05, 0.1) is 5.97 Å². The first-order chi connectivity index (χ1) is 7.02. The molecule has 0 aliphatic carbocycles. The molecule has 0 bridgehead atoms. The summed E-state index contributed by atoms with van der Waals surface area (Å²) in [7, 11) is 0. The number of carboxylic acids is 1. The van der Waals surface area contributed by atoms with Gasteiger partial charge in [-0.25, -0.2) is 0 Å². The number of alkyl halides is 1. The number of hydrogen-bond donors (Lipinski definition) is 0. The second kappa shape index (κ2) is 4.93. The second-order valence-corrected chi connectivity index (χ2v) is 4.19. The molecule has 0 N–H and O–H groups in total. The molecule has 0 radical (unpaired) electrons. The Morgan fingerprint density at radius 2 is 2.00 bits per heavy atom. The van der Waals surface area contributed by atoms with Crippen molar-refractivity contribution in [2.75, 3.05) is 0 Å². The Morgan fingerprint density at radius 1 is 1.40 bits per heavy atom. The smallest absolute Gasteiger partial charge is 0.324 e. The number of carbonyl (C=O) groups excluding carboxylic acids is 2. The van der Waals surface area contributed by atoms with E-state index in [1.165, 1.54) is 18.2 Å². The van der Waals surface area contributed by atoms with Crippen LogP contribution in [-0.2, 0) is 4.79 Å². The van der Waals surface area contributed by atoms with E-state index in [0.717, 1.165) is 0 Å². The van der Waals surface area contributed by atoms with Gasteiger partial charge < -0.3 is 14.6 Å². The Hall–Kier alpha value is -1.36. The van der Waals surface area contributed by atoms with Gasteiger partial charge in [-0.05, 0) is 19.1 Å². The molecule has 1 unspecified atom stereocenters. The maximum Gasteiger partial charge on any atom is 0.324 e. The van der Waals surface area contributed by atoms with Crippen LogP contribution in [0.3, 0.4) is 0 Å². The monoisotopic (exact) mass is 271 g/mol. The summed E-state index contributed by atoms with van der Waals surface area (Å²) in [6, 6.07) is 5.82. The SMILES string of the molecule is CC(Br)C(=O)Oc1ccccc1C(=O)[O-]. The molecular weight excluding hydrogens is 264 g/mol. The van der Waals surface area contributed by atoms with Gasteiger partial charge >= 0.3 is 5.97 Å². The van der Waals surface area contributed by atoms with Gasteiger partial charge in [0.2, 0.25) is 0 Å². The molecule has 0 amide bonds. The summed E-state index contributed by atoms with van der Waals surface area (Å²) in [6.45, 7) is 1.59. The van der Waals surface area contributed by atoms with Gasteiger partial charge in [0, 0.05) is 5.56 Å². The van der Waals surface area contributed by atoms with E-state index in [0.29, 0.717) is 0 Å². The standard InChI is InChI=1S/C10H9BrO4/c1-6(11)10(14)15-8-5-3-2-4-7(8)9(12)13/h2-6H,1H3,(H,12,13)/p-1. The highest BCUT2D eigenvalue weighted by molar-refractivity contribution is 9.10. The quantitative estimate of drug-likeness (QED) is 0.462. The topological polar surface area (TPSA) is 66.4 Å². The largest absolute Gasteiger partial charge is 0.545 e. The third-order valence-corrected chi connectivity index (χ3v) is 2.02. The molecule has 5 heteroatoms. The zero-order chi connectivity index (χ0) is 11.4. The highest BCUT2D eigenvalue weighted by atomic mass is 79.9. The van der Waals surface area contributed by atoms with E-state index in [2.05, 4.69) is 15.9 Å². The van der Waals surface area contributed by atoms with E-state index in [1.807, 2.05) is 0 Å². The minimum Gasteiger partial charge on any atom is -0.545 e. The first-order valence-electron chi connectivity index (χ1n) is 4.18. The third kappa shape index (κ3) is 3.06. The Balaban J connectivity index is 2.94. The first-order valence-corrected chi connectivity index (χ1v) is 5.10. The zero-order valence-electron chi connectivity index (χ0n) is 7.90. The van der Waals surface area contributed by atoms with Crippen LogP contribution in [0.15, 0.2) is 24.3 Å². The lowest BCUT2D eigenvalue weighted by Gasteiger charge is -2.10. The van der Waals surface area contributed by atoms with Crippen LogP contribution in [0.2, 0.25) is 0 Å². The molecule has 1 aromatic rings. The molecule has 0 heterocycles. The summed E-state index contributed by atoms with van der Waals surface area (Å²) < 4.78 is 4.86. The van der Waals surface area contributed by atoms with Gasteiger partial charge in [-0.1, -0.05) is 28.1 Å². The zero-order valence-corrected chi connectivity index (χ0v) is 9.48. The van der Waals surface area contributed by atoms with Gasteiger partial charge in [0.1, 0.15) is 10.6 Å². The lowest BCUT2D eigenvalue weighted by Crippen LogP contribution is -2.25. The van der Waals surface area contributed by atoms with Gasteiger partial charge in [-0.15, -0.1) is 0 Å². The minimum atomic E-state index is -1.37. The Kier molecular flexibility index (Phi) is 3.85. The molecule has 0 aliphatic heterocycles. The molecule has 15 heavy (non-hydrogen) atoms. The number of para-hydroxylation sites is 1. The fraction of sp³-hybridized carbons (Fsp3) is 0.200. The summed E-state index contributed by atoms with van der Waals surface area (Å²) in [6.07, 6.45) is 0. The number of halogens is 1. The average molecular weight is 272 g/mol. The first kappa shape index (κ1) is 11.7. The molecule has 0 aliphatic rings. The van der Waals surface area contributed by atoms with Gasteiger partial charge in [-0.2, -0.15) is 0 Å². The fourth-order valence-corrected chi connectivity index (χ4v) is 1.01. The van der Waals surface area contributed by atoms with Crippen LogP contribution in [0.5, 0.6) is 5.75 Å². The average Bonchev–Trinajstić information content (AvgIpc) is 2.18. The van der Waals surface area contributed by atoms with Crippen LogP contribution in [-0.4, -0.2) is 16.8 Å². The van der Waals surface area contributed by atoms with E-state index in [-0.39, 0.29) is 11.3 Å². The summed E-state index contributed by atoms with van der Waals surface area (Å²) in [5.41, 5.74) is -0.140. The van der Waals surface area contributed by atoms with Crippen molar-refractivity contribution in [2.24, 2.45) is 0 Å². The summed E-state index contributed by atoms with van der Waals surface area (Å²) in [5, 5.41) is 10.7.